The summed E-state index contributed by atoms with van der Waals surface area (Å²) < 4.78 is 0. The van der Waals surface area contributed by atoms with E-state index in [2.05, 4.69) is 4.90 Å². The average molecular weight is 260 g/mol. The van der Waals surface area contributed by atoms with Gasteiger partial charge < -0.3 is 5.11 Å². The van der Waals surface area contributed by atoms with Gasteiger partial charge in [-0.3, -0.25) is 4.90 Å². The van der Waals surface area contributed by atoms with Crippen LogP contribution in [0.3, 0.4) is 0 Å². The maximum atomic E-state index is 9.23. The standard InChI is InChI=1S/C12H15Cl2NO/c13-10-4-3-9(12(14)6-10)7-15-5-1-2-11(15)8-16/h3-4,6,11,16H,1-2,5,7-8H2/t11-/m1/s1. The van der Waals surface area contributed by atoms with Gasteiger partial charge in [-0.15, -0.1) is 0 Å². The fourth-order valence-electron chi connectivity index (χ4n) is 2.18. The van der Waals surface area contributed by atoms with E-state index in [1.54, 1.807) is 6.07 Å². The Labute approximate surface area is 106 Å². The van der Waals surface area contributed by atoms with E-state index < -0.39 is 0 Å². The zero-order chi connectivity index (χ0) is 11.5. The van der Waals surface area contributed by atoms with Crippen molar-refractivity contribution in [3.8, 4) is 0 Å². The Morgan fingerprint density at radius 3 is 2.88 bits per heavy atom. The lowest BCUT2D eigenvalue weighted by Crippen LogP contribution is -2.31. The molecule has 0 amide bonds. The van der Waals surface area contributed by atoms with Gasteiger partial charge in [-0.1, -0.05) is 29.3 Å². The number of hydrogen-bond donors (Lipinski definition) is 1. The van der Waals surface area contributed by atoms with E-state index in [0.717, 1.165) is 31.5 Å². The maximum absolute atomic E-state index is 9.23. The van der Waals surface area contributed by atoms with E-state index in [1.165, 1.54) is 0 Å². The number of likely N-dealkylation sites (tertiary alicyclic amines) is 1. The van der Waals surface area contributed by atoms with Crippen LogP contribution in [0.5, 0.6) is 0 Å². The number of aliphatic hydroxyl groups excluding tert-OH is 1. The Hall–Kier alpha value is -0.280. The summed E-state index contributed by atoms with van der Waals surface area (Å²) in [6.45, 7) is 2.05. The molecule has 2 nitrogen and oxygen atoms in total. The third-order valence-electron chi connectivity index (χ3n) is 3.10. The fraction of sp³-hybridized carbons (Fsp3) is 0.500. The van der Waals surface area contributed by atoms with Gasteiger partial charge in [0.05, 0.1) is 6.61 Å². The fourth-order valence-corrected chi connectivity index (χ4v) is 2.65. The Morgan fingerprint density at radius 2 is 2.19 bits per heavy atom. The number of halogens is 2. The predicted molar refractivity (Wildman–Crippen MR) is 67.0 cm³/mol. The Kier molecular flexibility index (Phi) is 4.09. The highest BCUT2D eigenvalue weighted by Gasteiger charge is 2.23. The minimum atomic E-state index is 0.227. The minimum absolute atomic E-state index is 0.227. The molecule has 4 heteroatoms. The van der Waals surface area contributed by atoms with Crippen molar-refractivity contribution in [1.82, 2.24) is 4.90 Å². The van der Waals surface area contributed by atoms with Crippen molar-refractivity contribution in [3.63, 3.8) is 0 Å². The van der Waals surface area contributed by atoms with Gasteiger partial charge in [-0.25, -0.2) is 0 Å². The summed E-state index contributed by atoms with van der Waals surface area (Å²) >= 11 is 12.0. The highest BCUT2D eigenvalue weighted by molar-refractivity contribution is 6.35. The first kappa shape index (κ1) is 12.2. The van der Waals surface area contributed by atoms with Crippen molar-refractivity contribution in [2.24, 2.45) is 0 Å². The van der Waals surface area contributed by atoms with Crippen LogP contribution < -0.4 is 0 Å². The van der Waals surface area contributed by atoms with Crippen LogP contribution in [0.2, 0.25) is 10.0 Å². The van der Waals surface area contributed by atoms with Crippen LogP contribution in [0.15, 0.2) is 18.2 Å². The van der Waals surface area contributed by atoms with Gasteiger partial charge in [0.25, 0.3) is 0 Å². The molecule has 1 atom stereocenters. The molecule has 1 fully saturated rings. The summed E-state index contributed by atoms with van der Waals surface area (Å²) in [5.74, 6) is 0. The van der Waals surface area contributed by atoms with Crippen LogP contribution in [0, 0.1) is 0 Å². The maximum Gasteiger partial charge on any atom is 0.0587 e. The molecule has 0 radical (unpaired) electrons. The molecule has 0 aromatic heterocycles. The Morgan fingerprint density at radius 1 is 1.38 bits per heavy atom. The molecule has 88 valence electrons. The molecular formula is C12H15Cl2NO. The Bertz CT molecular complexity index is 370. The molecule has 16 heavy (non-hydrogen) atoms. The minimum Gasteiger partial charge on any atom is -0.395 e. The van der Waals surface area contributed by atoms with Gasteiger partial charge in [0.2, 0.25) is 0 Å². The first-order valence-corrected chi connectivity index (χ1v) is 6.25. The van der Waals surface area contributed by atoms with E-state index in [0.29, 0.717) is 10.0 Å². The lowest BCUT2D eigenvalue weighted by atomic mass is 10.2. The second-order valence-corrected chi connectivity index (χ2v) is 5.03. The Balaban J connectivity index is 2.08. The number of aliphatic hydroxyl groups is 1. The molecule has 2 rings (SSSR count). The molecule has 0 spiro atoms. The quantitative estimate of drug-likeness (QED) is 0.903. The van der Waals surface area contributed by atoms with Crippen LogP contribution in [0.1, 0.15) is 18.4 Å². The summed E-state index contributed by atoms with van der Waals surface area (Å²) in [5.41, 5.74) is 1.08. The molecule has 0 saturated carbocycles. The van der Waals surface area contributed by atoms with Gasteiger partial charge in [-0.2, -0.15) is 0 Å². The van der Waals surface area contributed by atoms with Crippen molar-refractivity contribution in [3.05, 3.63) is 33.8 Å². The molecule has 1 aromatic carbocycles. The third kappa shape index (κ3) is 2.69. The van der Waals surface area contributed by atoms with Gasteiger partial charge in [0.15, 0.2) is 0 Å². The lowest BCUT2D eigenvalue weighted by molar-refractivity contribution is 0.153. The first-order valence-electron chi connectivity index (χ1n) is 5.49. The van der Waals surface area contributed by atoms with Crippen molar-refractivity contribution >= 4 is 23.2 Å². The normalized spacial score (nSPS) is 21.6. The van der Waals surface area contributed by atoms with Crippen LogP contribution >= 0.6 is 23.2 Å². The number of nitrogens with zero attached hydrogens (tertiary/aromatic N) is 1. The van der Waals surface area contributed by atoms with Crippen LogP contribution in [0.4, 0.5) is 0 Å². The highest BCUT2D eigenvalue weighted by atomic mass is 35.5. The number of benzene rings is 1. The second-order valence-electron chi connectivity index (χ2n) is 4.18. The van der Waals surface area contributed by atoms with Crippen molar-refractivity contribution in [2.75, 3.05) is 13.2 Å². The molecule has 1 aliphatic heterocycles. The molecule has 1 saturated heterocycles. The largest absolute Gasteiger partial charge is 0.395 e. The van der Waals surface area contributed by atoms with Gasteiger partial charge in [0, 0.05) is 22.6 Å². The molecule has 0 aliphatic carbocycles. The highest BCUT2D eigenvalue weighted by Crippen LogP contribution is 2.25. The average Bonchev–Trinajstić information content (AvgIpc) is 2.69. The molecule has 1 aliphatic rings. The molecule has 1 aromatic rings. The number of hydrogen-bond acceptors (Lipinski definition) is 2. The van der Waals surface area contributed by atoms with Gasteiger partial charge in [-0.05, 0) is 37.1 Å². The summed E-state index contributed by atoms with van der Waals surface area (Å²) in [6.07, 6.45) is 2.22. The molecule has 1 N–H and O–H groups in total. The van der Waals surface area contributed by atoms with E-state index >= 15 is 0 Å². The SMILES string of the molecule is OC[C@H]1CCCN1Cc1ccc(Cl)cc1Cl. The zero-order valence-electron chi connectivity index (χ0n) is 9.00. The predicted octanol–water partition coefficient (Wildman–Crippen LogP) is 2.95. The smallest absolute Gasteiger partial charge is 0.0587 e. The van der Waals surface area contributed by atoms with Crippen LogP contribution in [-0.4, -0.2) is 29.2 Å². The molecular weight excluding hydrogens is 245 g/mol. The molecule has 0 unspecified atom stereocenters. The molecule has 0 bridgehead atoms. The summed E-state index contributed by atoms with van der Waals surface area (Å²) in [7, 11) is 0. The van der Waals surface area contributed by atoms with Crippen LogP contribution in [-0.2, 0) is 6.54 Å². The van der Waals surface area contributed by atoms with Gasteiger partial charge >= 0.3 is 0 Å². The summed E-state index contributed by atoms with van der Waals surface area (Å²) in [5, 5.41) is 10.6. The van der Waals surface area contributed by atoms with E-state index in [1.807, 2.05) is 12.1 Å². The van der Waals surface area contributed by atoms with E-state index in [9.17, 15) is 5.11 Å². The van der Waals surface area contributed by atoms with E-state index in [4.69, 9.17) is 23.2 Å². The van der Waals surface area contributed by atoms with Crippen molar-refractivity contribution in [1.29, 1.82) is 0 Å². The second kappa shape index (κ2) is 5.37. The number of rotatable bonds is 3. The zero-order valence-corrected chi connectivity index (χ0v) is 10.5. The van der Waals surface area contributed by atoms with Crippen LogP contribution in [0.25, 0.3) is 0 Å². The lowest BCUT2D eigenvalue weighted by Gasteiger charge is -2.23. The van der Waals surface area contributed by atoms with E-state index in [-0.39, 0.29) is 12.6 Å². The van der Waals surface area contributed by atoms with Crippen molar-refractivity contribution < 1.29 is 5.11 Å². The van der Waals surface area contributed by atoms with Gasteiger partial charge in [0.1, 0.15) is 0 Å². The summed E-state index contributed by atoms with van der Waals surface area (Å²) in [6, 6.07) is 5.86. The molecule has 1 heterocycles. The topological polar surface area (TPSA) is 23.5 Å². The monoisotopic (exact) mass is 259 g/mol. The van der Waals surface area contributed by atoms with Crippen molar-refractivity contribution in [2.45, 2.75) is 25.4 Å². The summed E-state index contributed by atoms with van der Waals surface area (Å²) in [4.78, 5) is 2.27. The first-order chi connectivity index (χ1) is 7.70. The third-order valence-corrected chi connectivity index (χ3v) is 3.69.